The number of fused-ring (bicyclic) bond motifs is 1. The number of aromatic nitrogens is 1. The van der Waals surface area contributed by atoms with E-state index in [1.807, 2.05) is 32.9 Å². The summed E-state index contributed by atoms with van der Waals surface area (Å²) in [5, 5.41) is 10.9. The van der Waals surface area contributed by atoms with Crippen LogP contribution in [0.25, 0.3) is 0 Å². The fourth-order valence-electron chi connectivity index (χ4n) is 3.27. The minimum absolute atomic E-state index is 0.0394. The lowest BCUT2D eigenvalue weighted by atomic mass is 10.1. The van der Waals surface area contributed by atoms with Gasteiger partial charge in [-0.1, -0.05) is 6.07 Å². The summed E-state index contributed by atoms with van der Waals surface area (Å²) in [7, 11) is 0. The van der Waals surface area contributed by atoms with Crippen molar-refractivity contribution in [3.63, 3.8) is 0 Å². The van der Waals surface area contributed by atoms with Crippen molar-refractivity contribution in [1.29, 1.82) is 0 Å². The van der Waals surface area contributed by atoms with Crippen LogP contribution in [0, 0.1) is 10.1 Å². The van der Waals surface area contributed by atoms with E-state index < -0.39 is 16.6 Å². The van der Waals surface area contributed by atoms with Crippen LogP contribution >= 0.6 is 0 Å². The summed E-state index contributed by atoms with van der Waals surface area (Å²) in [4.78, 5) is 40.2. The maximum absolute atomic E-state index is 12.6. The molecule has 1 aliphatic rings. The normalized spacial score (nSPS) is 13.3. The van der Waals surface area contributed by atoms with E-state index in [1.54, 1.807) is 4.90 Å². The zero-order valence-electron chi connectivity index (χ0n) is 17.8. The first-order chi connectivity index (χ1) is 14.7. The third kappa shape index (κ3) is 5.56. The number of benzene rings is 1. The lowest BCUT2D eigenvalue weighted by Gasteiger charge is -2.31. The Labute approximate surface area is 180 Å². The van der Waals surface area contributed by atoms with Crippen LogP contribution in [-0.4, -0.2) is 41.0 Å². The molecular formula is C22H25N3O6. The first kappa shape index (κ1) is 22.2. The van der Waals surface area contributed by atoms with Gasteiger partial charge in [0.2, 0.25) is 0 Å². The molecule has 1 amide bonds. The number of rotatable bonds is 6. The summed E-state index contributed by atoms with van der Waals surface area (Å²) in [6.45, 7) is 6.28. The highest BCUT2D eigenvalue weighted by atomic mass is 16.6. The van der Waals surface area contributed by atoms with E-state index in [1.165, 1.54) is 18.2 Å². The molecule has 31 heavy (non-hydrogen) atoms. The molecule has 1 aliphatic heterocycles. The van der Waals surface area contributed by atoms with Gasteiger partial charge >= 0.3 is 6.09 Å². The smallest absolute Gasteiger partial charge is 0.416 e. The van der Waals surface area contributed by atoms with Crippen LogP contribution in [0.2, 0.25) is 0 Å². The number of nitro benzene ring substituents is 1. The molecule has 2 aromatic rings. The Hall–Kier alpha value is -3.49. The maximum Gasteiger partial charge on any atom is 0.416 e. The number of nitrogens with zero attached hydrogens (tertiary/aromatic N) is 3. The summed E-state index contributed by atoms with van der Waals surface area (Å²) in [5.74, 6) is 0.970. The van der Waals surface area contributed by atoms with E-state index in [4.69, 9.17) is 9.47 Å². The summed E-state index contributed by atoms with van der Waals surface area (Å²) >= 11 is 0. The van der Waals surface area contributed by atoms with Crippen LogP contribution in [-0.2, 0) is 17.6 Å². The van der Waals surface area contributed by atoms with E-state index in [0.717, 1.165) is 24.1 Å². The maximum atomic E-state index is 12.6. The third-order valence-corrected chi connectivity index (χ3v) is 4.66. The molecule has 1 aromatic heterocycles. The predicted molar refractivity (Wildman–Crippen MR) is 114 cm³/mol. The van der Waals surface area contributed by atoms with Gasteiger partial charge in [-0.2, -0.15) is 0 Å². The summed E-state index contributed by atoms with van der Waals surface area (Å²) < 4.78 is 11.2. The second-order valence-corrected chi connectivity index (χ2v) is 8.21. The highest BCUT2D eigenvalue weighted by Crippen LogP contribution is 2.27. The molecule has 164 valence electrons. The Bertz CT molecular complexity index is 999. The van der Waals surface area contributed by atoms with E-state index in [2.05, 4.69) is 4.98 Å². The molecule has 0 unspecified atom stereocenters. The summed E-state index contributed by atoms with van der Waals surface area (Å²) in [6.07, 6.45) is 2.16. The van der Waals surface area contributed by atoms with Crippen molar-refractivity contribution in [1.82, 2.24) is 4.98 Å². The van der Waals surface area contributed by atoms with Gasteiger partial charge in [-0.15, -0.1) is 0 Å². The highest BCUT2D eigenvalue weighted by Gasteiger charge is 2.28. The van der Waals surface area contributed by atoms with Crippen molar-refractivity contribution in [2.24, 2.45) is 0 Å². The Kier molecular flexibility index (Phi) is 6.53. The molecule has 1 aromatic carbocycles. The highest BCUT2D eigenvalue weighted by molar-refractivity contribution is 5.88. The molecule has 0 atom stereocenters. The molecule has 0 saturated carbocycles. The molecule has 0 aliphatic carbocycles. The standard InChI is InChI=1S/C22H25N3O6/c1-22(2,3)31-21(27)24-11-4-5-15-6-7-17(23-20(15)24)10-12-30-18-8-9-19(25(28)29)16(13-18)14-26/h6-9,13-14H,4-5,10-12H2,1-3H3. The lowest BCUT2D eigenvalue weighted by molar-refractivity contribution is -0.385. The van der Waals surface area contributed by atoms with Crippen LogP contribution in [0.4, 0.5) is 16.3 Å². The summed E-state index contributed by atoms with van der Waals surface area (Å²) in [6, 6.07) is 7.90. The molecule has 0 fully saturated rings. The first-order valence-corrected chi connectivity index (χ1v) is 10.0. The number of pyridine rings is 1. The lowest BCUT2D eigenvalue weighted by Crippen LogP contribution is -2.40. The van der Waals surface area contributed by atoms with Crippen molar-refractivity contribution in [2.45, 2.75) is 45.6 Å². The van der Waals surface area contributed by atoms with Crippen LogP contribution in [0.5, 0.6) is 5.75 Å². The SMILES string of the molecule is CC(C)(C)OC(=O)N1CCCc2ccc(CCOc3ccc([N+](=O)[O-])c(C=O)c3)nc21. The number of amides is 1. The molecule has 3 rings (SSSR count). The molecule has 9 nitrogen and oxygen atoms in total. The molecule has 0 N–H and O–H groups in total. The Morgan fingerprint density at radius 2 is 2.06 bits per heavy atom. The number of aldehydes is 1. The van der Waals surface area contributed by atoms with Crippen molar-refractivity contribution in [2.75, 3.05) is 18.1 Å². The third-order valence-electron chi connectivity index (χ3n) is 4.66. The number of hydrogen-bond donors (Lipinski definition) is 0. The number of anilines is 1. The number of ether oxygens (including phenoxy) is 2. The van der Waals surface area contributed by atoms with Crippen LogP contribution in [0.3, 0.4) is 0 Å². The fourth-order valence-corrected chi connectivity index (χ4v) is 3.27. The van der Waals surface area contributed by atoms with Gasteiger partial charge in [0.15, 0.2) is 6.29 Å². The van der Waals surface area contributed by atoms with E-state index >= 15 is 0 Å². The van der Waals surface area contributed by atoms with Crippen LogP contribution < -0.4 is 9.64 Å². The number of aryl methyl sites for hydroxylation is 1. The molecule has 2 heterocycles. The van der Waals surface area contributed by atoms with Gasteiger partial charge in [-0.05, 0) is 57.4 Å². The number of nitro groups is 1. The first-order valence-electron chi connectivity index (χ1n) is 10.0. The Balaban J connectivity index is 1.69. The van der Waals surface area contributed by atoms with Gasteiger partial charge in [-0.3, -0.25) is 19.8 Å². The van der Waals surface area contributed by atoms with E-state index in [9.17, 15) is 19.7 Å². The predicted octanol–water partition coefficient (Wildman–Crippen LogP) is 4.11. The van der Waals surface area contributed by atoms with Crippen LogP contribution in [0.1, 0.15) is 48.8 Å². The van der Waals surface area contributed by atoms with Gasteiger partial charge < -0.3 is 9.47 Å². The molecule has 0 saturated heterocycles. The molecule has 0 spiro atoms. The summed E-state index contributed by atoms with van der Waals surface area (Å²) in [5.41, 5.74) is 0.841. The van der Waals surface area contributed by atoms with Crippen molar-refractivity contribution in [3.8, 4) is 5.75 Å². The fraction of sp³-hybridized carbons (Fsp3) is 0.409. The minimum Gasteiger partial charge on any atom is -0.493 e. The average molecular weight is 427 g/mol. The van der Waals surface area contributed by atoms with Crippen LogP contribution in [0.15, 0.2) is 30.3 Å². The Morgan fingerprint density at radius 1 is 1.29 bits per heavy atom. The topological polar surface area (TPSA) is 112 Å². The van der Waals surface area contributed by atoms with E-state index in [-0.39, 0.29) is 17.9 Å². The minimum atomic E-state index is -0.610. The van der Waals surface area contributed by atoms with Crippen molar-refractivity contribution in [3.05, 3.63) is 57.3 Å². The monoisotopic (exact) mass is 427 g/mol. The molecule has 0 bridgehead atoms. The molecule has 0 radical (unpaired) electrons. The quantitative estimate of drug-likeness (QED) is 0.387. The number of carbonyl (C=O) groups is 2. The zero-order valence-corrected chi connectivity index (χ0v) is 17.8. The van der Waals surface area contributed by atoms with E-state index in [0.29, 0.717) is 30.8 Å². The number of carbonyl (C=O) groups excluding carboxylic acids is 2. The second-order valence-electron chi connectivity index (χ2n) is 8.21. The molecule has 9 heteroatoms. The van der Waals surface area contributed by atoms with Gasteiger partial charge in [0, 0.05) is 24.7 Å². The number of hydrogen-bond acceptors (Lipinski definition) is 7. The second kappa shape index (κ2) is 9.11. The Morgan fingerprint density at radius 3 is 2.74 bits per heavy atom. The van der Waals surface area contributed by atoms with Crippen molar-refractivity contribution < 1.29 is 24.0 Å². The zero-order chi connectivity index (χ0) is 22.6. The average Bonchev–Trinajstić information content (AvgIpc) is 2.71. The molecular weight excluding hydrogens is 402 g/mol. The van der Waals surface area contributed by atoms with Gasteiger partial charge in [0.25, 0.3) is 5.69 Å². The van der Waals surface area contributed by atoms with Gasteiger partial charge in [-0.25, -0.2) is 9.78 Å². The van der Waals surface area contributed by atoms with Gasteiger partial charge in [0.05, 0.1) is 17.1 Å². The largest absolute Gasteiger partial charge is 0.493 e. The van der Waals surface area contributed by atoms with Gasteiger partial charge in [0.1, 0.15) is 17.2 Å². The van der Waals surface area contributed by atoms with Crippen molar-refractivity contribution >= 4 is 23.9 Å².